The zero-order chi connectivity index (χ0) is 14.5. The van der Waals surface area contributed by atoms with Crippen LogP contribution in [-0.4, -0.2) is 5.33 Å². The lowest BCUT2D eigenvalue weighted by Gasteiger charge is -2.15. The fraction of sp³-hybridized carbons (Fsp3) is 0.250. The molecule has 0 fully saturated rings. The van der Waals surface area contributed by atoms with E-state index in [1.54, 1.807) is 12.1 Å². The molecule has 4 heteroatoms. The summed E-state index contributed by atoms with van der Waals surface area (Å²) in [6, 6.07) is 10.5. The highest BCUT2D eigenvalue weighted by Gasteiger charge is 2.14. The topological polar surface area (TPSA) is 0 Å². The third-order valence-corrected chi connectivity index (χ3v) is 4.09. The van der Waals surface area contributed by atoms with E-state index in [2.05, 4.69) is 15.9 Å². The molecule has 0 nitrogen and oxygen atoms in total. The van der Waals surface area contributed by atoms with Crippen LogP contribution in [0, 0.1) is 23.4 Å². The van der Waals surface area contributed by atoms with E-state index in [-0.39, 0.29) is 11.7 Å². The van der Waals surface area contributed by atoms with E-state index in [4.69, 9.17) is 0 Å². The lowest BCUT2D eigenvalue weighted by atomic mass is 9.94. The van der Waals surface area contributed by atoms with E-state index in [0.29, 0.717) is 23.7 Å². The number of halogens is 4. The van der Waals surface area contributed by atoms with Gasteiger partial charge in [0.25, 0.3) is 0 Å². The Hall–Kier alpha value is -1.29. The Balaban J connectivity index is 2.11. The number of hydrogen-bond acceptors (Lipinski definition) is 0. The minimum absolute atomic E-state index is 0.0769. The largest absolute Gasteiger partial charge is 0.207 e. The van der Waals surface area contributed by atoms with Gasteiger partial charge >= 0.3 is 0 Å². The first kappa shape index (κ1) is 15.1. The minimum atomic E-state index is -0.832. The molecule has 2 aromatic rings. The second kappa shape index (κ2) is 6.93. The molecular formula is C16H14BrF3. The fourth-order valence-corrected chi connectivity index (χ4v) is 2.65. The van der Waals surface area contributed by atoms with Gasteiger partial charge in [-0.2, -0.15) is 0 Å². The van der Waals surface area contributed by atoms with Crippen molar-refractivity contribution in [1.82, 2.24) is 0 Å². The molecule has 0 saturated carbocycles. The monoisotopic (exact) mass is 342 g/mol. The summed E-state index contributed by atoms with van der Waals surface area (Å²) in [6.07, 6.45) is 1.02. The van der Waals surface area contributed by atoms with Crippen LogP contribution < -0.4 is 0 Å². The quantitative estimate of drug-likeness (QED) is 0.678. The van der Waals surface area contributed by atoms with Gasteiger partial charge in [0.05, 0.1) is 0 Å². The molecule has 0 aliphatic heterocycles. The summed E-state index contributed by atoms with van der Waals surface area (Å²) in [5.41, 5.74) is 1.21. The van der Waals surface area contributed by atoms with Gasteiger partial charge in [0, 0.05) is 5.33 Å². The Morgan fingerprint density at radius 3 is 2.40 bits per heavy atom. The van der Waals surface area contributed by atoms with Gasteiger partial charge in [0.2, 0.25) is 0 Å². The molecule has 0 aromatic heterocycles. The molecule has 0 aliphatic carbocycles. The molecule has 0 N–H and O–H groups in total. The molecule has 0 heterocycles. The fourth-order valence-electron chi connectivity index (χ4n) is 2.20. The summed E-state index contributed by atoms with van der Waals surface area (Å²) in [7, 11) is 0. The maximum Gasteiger partial charge on any atom is 0.162 e. The van der Waals surface area contributed by atoms with Gasteiger partial charge in [-0.05, 0) is 48.1 Å². The number of hydrogen-bond donors (Lipinski definition) is 0. The number of benzene rings is 2. The lowest BCUT2D eigenvalue weighted by Crippen LogP contribution is -2.11. The molecule has 2 aromatic carbocycles. The molecule has 1 unspecified atom stereocenters. The van der Waals surface area contributed by atoms with Crippen LogP contribution in [-0.2, 0) is 12.8 Å². The summed E-state index contributed by atoms with van der Waals surface area (Å²) >= 11 is 3.38. The highest BCUT2D eigenvalue weighted by Crippen LogP contribution is 2.20. The molecular weight excluding hydrogens is 329 g/mol. The number of alkyl halides is 1. The van der Waals surface area contributed by atoms with Crippen LogP contribution in [0.5, 0.6) is 0 Å². The maximum absolute atomic E-state index is 13.7. The van der Waals surface area contributed by atoms with E-state index in [1.165, 1.54) is 18.2 Å². The van der Waals surface area contributed by atoms with Crippen LogP contribution in [0.2, 0.25) is 0 Å². The van der Waals surface area contributed by atoms with Crippen molar-refractivity contribution in [2.24, 2.45) is 5.92 Å². The molecule has 0 saturated heterocycles. The lowest BCUT2D eigenvalue weighted by molar-refractivity contribution is 0.484. The molecule has 2 rings (SSSR count). The van der Waals surface area contributed by atoms with Crippen LogP contribution in [0.4, 0.5) is 13.2 Å². The molecule has 20 heavy (non-hydrogen) atoms. The van der Waals surface area contributed by atoms with Crippen LogP contribution in [0.1, 0.15) is 11.1 Å². The Bertz CT molecular complexity index is 584. The van der Waals surface area contributed by atoms with E-state index in [9.17, 15) is 13.2 Å². The van der Waals surface area contributed by atoms with Crippen LogP contribution in [0.25, 0.3) is 0 Å². The van der Waals surface area contributed by atoms with Gasteiger partial charge in [-0.3, -0.25) is 0 Å². The summed E-state index contributed by atoms with van der Waals surface area (Å²) in [6.45, 7) is 0. The number of rotatable bonds is 5. The Morgan fingerprint density at radius 2 is 1.70 bits per heavy atom. The maximum atomic E-state index is 13.7. The molecule has 1 atom stereocenters. The smallest absolute Gasteiger partial charge is 0.162 e. The van der Waals surface area contributed by atoms with Crippen molar-refractivity contribution in [3.05, 3.63) is 71.0 Å². The highest BCUT2D eigenvalue weighted by atomic mass is 79.9. The van der Waals surface area contributed by atoms with Gasteiger partial charge in [0.15, 0.2) is 11.6 Å². The van der Waals surface area contributed by atoms with Crippen LogP contribution in [0.3, 0.4) is 0 Å². The summed E-state index contributed by atoms with van der Waals surface area (Å²) in [5.74, 6) is -1.83. The Labute approximate surface area is 124 Å². The van der Waals surface area contributed by atoms with Gasteiger partial charge in [-0.25, -0.2) is 13.2 Å². The van der Waals surface area contributed by atoms with Gasteiger partial charge in [-0.15, -0.1) is 0 Å². The first-order valence-corrected chi connectivity index (χ1v) is 7.45. The van der Waals surface area contributed by atoms with Crippen molar-refractivity contribution >= 4 is 15.9 Å². The SMILES string of the molecule is Fc1cccc(CC(CBr)Cc2cccc(F)c2F)c1. The predicted octanol–water partition coefficient (Wildman–Crippen LogP) is 4.90. The summed E-state index contributed by atoms with van der Waals surface area (Å²) in [5, 5.41) is 0.638. The van der Waals surface area contributed by atoms with E-state index in [0.717, 1.165) is 11.6 Å². The highest BCUT2D eigenvalue weighted by molar-refractivity contribution is 9.09. The third-order valence-electron chi connectivity index (χ3n) is 3.17. The normalized spacial score (nSPS) is 12.4. The van der Waals surface area contributed by atoms with Crippen molar-refractivity contribution in [2.45, 2.75) is 12.8 Å². The van der Waals surface area contributed by atoms with Gasteiger partial charge < -0.3 is 0 Å². The van der Waals surface area contributed by atoms with Gasteiger partial charge in [0.1, 0.15) is 5.82 Å². The molecule has 0 bridgehead atoms. The second-order valence-corrected chi connectivity index (χ2v) is 5.42. The minimum Gasteiger partial charge on any atom is -0.207 e. The Morgan fingerprint density at radius 1 is 0.950 bits per heavy atom. The molecule has 0 amide bonds. The zero-order valence-corrected chi connectivity index (χ0v) is 12.3. The van der Waals surface area contributed by atoms with Crippen molar-refractivity contribution in [3.63, 3.8) is 0 Å². The third kappa shape index (κ3) is 3.85. The van der Waals surface area contributed by atoms with Crippen LogP contribution >= 0.6 is 15.9 Å². The van der Waals surface area contributed by atoms with Crippen molar-refractivity contribution < 1.29 is 13.2 Å². The first-order chi connectivity index (χ1) is 9.60. The molecule has 0 aliphatic rings. The average molecular weight is 343 g/mol. The molecule has 0 spiro atoms. The van der Waals surface area contributed by atoms with E-state index < -0.39 is 11.6 Å². The van der Waals surface area contributed by atoms with E-state index in [1.807, 2.05) is 6.07 Å². The summed E-state index contributed by atoms with van der Waals surface area (Å²) < 4.78 is 40.0. The predicted molar refractivity (Wildman–Crippen MR) is 77.5 cm³/mol. The summed E-state index contributed by atoms with van der Waals surface area (Å²) in [4.78, 5) is 0. The Kier molecular flexibility index (Phi) is 5.24. The van der Waals surface area contributed by atoms with Gasteiger partial charge in [-0.1, -0.05) is 40.2 Å². The van der Waals surface area contributed by atoms with E-state index >= 15 is 0 Å². The molecule has 0 radical (unpaired) electrons. The van der Waals surface area contributed by atoms with Crippen LogP contribution in [0.15, 0.2) is 42.5 Å². The molecule has 106 valence electrons. The zero-order valence-electron chi connectivity index (χ0n) is 10.8. The van der Waals surface area contributed by atoms with Crippen molar-refractivity contribution in [1.29, 1.82) is 0 Å². The average Bonchev–Trinajstić information content (AvgIpc) is 2.43. The standard InChI is InChI=1S/C16H14BrF3/c17-10-12(7-11-3-1-5-14(18)9-11)8-13-4-2-6-15(19)16(13)20/h1-6,9,12H,7-8,10H2. The van der Waals surface area contributed by atoms with Crippen molar-refractivity contribution in [3.8, 4) is 0 Å². The van der Waals surface area contributed by atoms with Crippen molar-refractivity contribution in [2.75, 3.05) is 5.33 Å². The first-order valence-electron chi connectivity index (χ1n) is 6.33. The second-order valence-electron chi connectivity index (χ2n) is 4.77.